The van der Waals surface area contributed by atoms with Crippen LogP contribution in [0.4, 0.5) is 0 Å². The average Bonchev–Trinajstić information content (AvgIpc) is 2.69. The maximum atomic E-state index is 6.39. The van der Waals surface area contributed by atoms with Gasteiger partial charge in [0, 0.05) is 10.4 Å². The first-order chi connectivity index (χ1) is 8.66. The number of aromatic nitrogens is 1. The average molecular weight is 297 g/mol. The summed E-state index contributed by atoms with van der Waals surface area (Å²) in [6.45, 7) is 0. The molecule has 3 rings (SSSR count). The van der Waals surface area contributed by atoms with Gasteiger partial charge in [-0.3, -0.25) is 0 Å². The second kappa shape index (κ2) is 4.51. The van der Waals surface area contributed by atoms with Crippen LogP contribution in [-0.2, 0) is 0 Å². The van der Waals surface area contributed by atoms with Crippen molar-refractivity contribution >= 4 is 45.7 Å². The fraction of sp³-hybridized carbons (Fsp3) is 0. The lowest BCUT2D eigenvalue weighted by Crippen LogP contribution is -1.76. The molecule has 0 aliphatic heterocycles. The van der Waals surface area contributed by atoms with Crippen LogP contribution >= 0.6 is 34.8 Å². The Morgan fingerprint density at radius 3 is 2.33 bits per heavy atom. The summed E-state index contributed by atoms with van der Waals surface area (Å²) in [5.41, 5.74) is 2.69. The fourth-order valence-electron chi connectivity index (χ4n) is 1.99. The Hall–Kier alpha value is -1.15. The summed E-state index contributed by atoms with van der Waals surface area (Å²) in [5.74, 6) is 0. The minimum absolute atomic E-state index is 0.571. The first-order valence-electron chi connectivity index (χ1n) is 5.38. The van der Waals surface area contributed by atoms with Crippen LogP contribution in [0.2, 0.25) is 15.1 Å². The van der Waals surface area contributed by atoms with E-state index in [0.717, 1.165) is 22.2 Å². The number of benzene rings is 2. The van der Waals surface area contributed by atoms with Gasteiger partial charge in [-0.1, -0.05) is 65.1 Å². The van der Waals surface area contributed by atoms with Crippen molar-refractivity contribution in [2.24, 2.45) is 0 Å². The number of aromatic amines is 1. The van der Waals surface area contributed by atoms with Gasteiger partial charge in [0.2, 0.25) is 0 Å². The normalized spacial score (nSPS) is 11.1. The van der Waals surface area contributed by atoms with Crippen LogP contribution in [-0.4, -0.2) is 4.98 Å². The highest BCUT2D eigenvalue weighted by Gasteiger charge is 2.13. The van der Waals surface area contributed by atoms with Crippen LogP contribution < -0.4 is 0 Å². The summed E-state index contributed by atoms with van der Waals surface area (Å²) in [7, 11) is 0. The van der Waals surface area contributed by atoms with Gasteiger partial charge in [-0.2, -0.15) is 0 Å². The number of H-pyrrole nitrogens is 1. The molecule has 18 heavy (non-hydrogen) atoms. The largest absolute Gasteiger partial charge is 0.352 e. The van der Waals surface area contributed by atoms with Crippen molar-refractivity contribution in [2.45, 2.75) is 0 Å². The predicted molar refractivity (Wildman–Crippen MR) is 78.8 cm³/mol. The molecule has 0 aliphatic carbocycles. The second-order valence-electron chi connectivity index (χ2n) is 3.99. The third kappa shape index (κ3) is 1.89. The molecular formula is C14H8Cl3N. The summed E-state index contributed by atoms with van der Waals surface area (Å²) < 4.78 is 0. The molecule has 0 bridgehead atoms. The molecule has 90 valence electrons. The molecule has 1 heterocycles. The van der Waals surface area contributed by atoms with E-state index in [4.69, 9.17) is 34.8 Å². The van der Waals surface area contributed by atoms with Crippen molar-refractivity contribution in [2.75, 3.05) is 0 Å². The Morgan fingerprint density at radius 1 is 0.889 bits per heavy atom. The number of rotatable bonds is 1. The third-order valence-electron chi connectivity index (χ3n) is 2.82. The number of nitrogens with one attached hydrogen (secondary N) is 1. The van der Waals surface area contributed by atoms with Gasteiger partial charge >= 0.3 is 0 Å². The third-order valence-corrected chi connectivity index (χ3v) is 3.73. The lowest BCUT2D eigenvalue weighted by Gasteiger charge is -1.97. The Morgan fingerprint density at radius 2 is 1.61 bits per heavy atom. The molecule has 0 fully saturated rings. The van der Waals surface area contributed by atoms with Gasteiger partial charge in [-0.25, -0.2) is 0 Å². The number of halogens is 3. The molecule has 1 aromatic heterocycles. The molecule has 0 saturated heterocycles. The zero-order chi connectivity index (χ0) is 12.7. The van der Waals surface area contributed by atoms with Gasteiger partial charge in [0.1, 0.15) is 0 Å². The molecule has 0 spiro atoms. The second-order valence-corrected chi connectivity index (χ2v) is 5.21. The van der Waals surface area contributed by atoms with E-state index in [1.807, 2.05) is 36.4 Å². The number of fused-ring (bicyclic) bond motifs is 1. The molecule has 1 N–H and O–H groups in total. The molecule has 0 amide bonds. The maximum Gasteiger partial charge on any atom is 0.0741 e. The van der Waals surface area contributed by atoms with Crippen molar-refractivity contribution in [1.29, 1.82) is 0 Å². The first kappa shape index (κ1) is 11.9. The molecule has 0 saturated carbocycles. The highest BCUT2D eigenvalue weighted by molar-refractivity contribution is 6.43. The van der Waals surface area contributed by atoms with Crippen LogP contribution in [0.15, 0.2) is 42.5 Å². The van der Waals surface area contributed by atoms with E-state index in [-0.39, 0.29) is 0 Å². The van der Waals surface area contributed by atoms with Crippen molar-refractivity contribution in [3.05, 3.63) is 57.5 Å². The minimum Gasteiger partial charge on any atom is -0.352 e. The van der Waals surface area contributed by atoms with Crippen molar-refractivity contribution in [3.63, 3.8) is 0 Å². The van der Waals surface area contributed by atoms with E-state index in [9.17, 15) is 0 Å². The lowest BCUT2D eigenvalue weighted by atomic mass is 10.1. The molecule has 4 heteroatoms. The van der Waals surface area contributed by atoms with Gasteiger partial charge in [0.15, 0.2) is 0 Å². The standard InChI is InChI=1S/C14H8Cl3N/c15-9-6-10-12(17)13(8-4-2-1-3-5-8)18-14(10)11(16)7-9/h1-7,18H. The Labute approximate surface area is 119 Å². The highest BCUT2D eigenvalue weighted by Crippen LogP contribution is 2.38. The van der Waals surface area contributed by atoms with Crippen molar-refractivity contribution < 1.29 is 0 Å². The van der Waals surface area contributed by atoms with Crippen molar-refractivity contribution in [3.8, 4) is 11.3 Å². The summed E-state index contributed by atoms with van der Waals surface area (Å²) in [6.07, 6.45) is 0. The Bertz CT molecular complexity index is 717. The molecular weight excluding hydrogens is 289 g/mol. The van der Waals surface area contributed by atoms with Crippen LogP contribution in [0.1, 0.15) is 0 Å². The molecule has 0 aliphatic rings. The summed E-state index contributed by atoms with van der Waals surface area (Å²) in [6, 6.07) is 13.4. The minimum atomic E-state index is 0.571. The zero-order valence-electron chi connectivity index (χ0n) is 9.18. The summed E-state index contributed by atoms with van der Waals surface area (Å²) in [4.78, 5) is 3.25. The quantitative estimate of drug-likeness (QED) is 0.584. The van der Waals surface area contributed by atoms with E-state index in [0.29, 0.717) is 15.1 Å². The number of hydrogen-bond acceptors (Lipinski definition) is 0. The van der Waals surface area contributed by atoms with Gasteiger partial charge in [0.05, 0.1) is 21.3 Å². The lowest BCUT2D eigenvalue weighted by molar-refractivity contribution is 1.45. The molecule has 0 atom stereocenters. The van der Waals surface area contributed by atoms with Crippen molar-refractivity contribution in [1.82, 2.24) is 4.98 Å². The highest BCUT2D eigenvalue weighted by atomic mass is 35.5. The molecule has 3 aromatic rings. The SMILES string of the molecule is Clc1cc(Cl)c2[nH]c(-c3ccccc3)c(Cl)c2c1. The van der Waals surface area contributed by atoms with Crippen LogP contribution in [0.5, 0.6) is 0 Å². The molecule has 1 nitrogen and oxygen atoms in total. The van der Waals surface area contributed by atoms with Gasteiger partial charge < -0.3 is 4.98 Å². The van der Waals surface area contributed by atoms with Crippen LogP contribution in [0, 0.1) is 0 Å². The smallest absolute Gasteiger partial charge is 0.0741 e. The first-order valence-corrected chi connectivity index (χ1v) is 6.52. The fourth-order valence-corrected chi connectivity index (χ4v) is 2.84. The van der Waals surface area contributed by atoms with Crippen LogP contribution in [0.25, 0.3) is 22.2 Å². The Kier molecular flexibility index (Phi) is 2.98. The van der Waals surface area contributed by atoms with E-state index < -0.39 is 0 Å². The monoisotopic (exact) mass is 295 g/mol. The van der Waals surface area contributed by atoms with Gasteiger partial charge in [-0.15, -0.1) is 0 Å². The maximum absolute atomic E-state index is 6.39. The van der Waals surface area contributed by atoms with Gasteiger partial charge in [-0.05, 0) is 17.7 Å². The molecule has 2 aromatic carbocycles. The molecule has 0 radical (unpaired) electrons. The van der Waals surface area contributed by atoms with E-state index in [1.165, 1.54) is 0 Å². The number of hydrogen-bond donors (Lipinski definition) is 1. The molecule has 0 unspecified atom stereocenters. The predicted octanol–water partition coefficient (Wildman–Crippen LogP) is 5.80. The van der Waals surface area contributed by atoms with E-state index in [1.54, 1.807) is 6.07 Å². The van der Waals surface area contributed by atoms with Crippen LogP contribution in [0.3, 0.4) is 0 Å². The van der Waals surface area contributed by atoms with E-state index in [2.05, 4.69) is 4.98 Å². The topological polar surface area (TPSA) is 15.8 Å². The summed E-state index contributed by atoms with van der Waals surface area (Å²) in [5, 5.41) is 2.63. The summed E-state index contributed by atoms with van der Waals surface area (Å²) >= 11 is 18.5. The van der Waals surface area contributed by atoms with E-state index >= 15 is 0 Å². The zero-order valence-corrected chi connectivity index (χ0v) is 11.4. The Balaban J connectivity index is 2.33. The van der Waals surface area contributed by atoms with Gasteiger partial charge in [0.25, 0.3) is 0 Å².